The van der Waals surface area contributed by atoms with Gasteiger partial charge in [-0.25, -0.2) is 9.97 Å². The molecule has 3 rings (SSSR count). The van der Waals surface area contributed by atoms with E-state index in [0.29, 0.717) is 0 Å². The summed E-state index contributed by atoms with van der Waals surface area (Å²) in [4.78, 5) is 10.4. The molecule has 1 aliphatic rings. The third kappa shape index (κ3) is 1.61. The minimum atomic E-state index is 0.270. The van der Waals surface area contributed by atoms with Crippen LogP contribution >= 0.6 is 0 Å². The predicted molar refractivity (Wildman–Crippen MR) is 62.2 cm³/mol. The Hall–Kier alpha value is -1.82. The zero-order valence-corrected chi connectivity index (χ0v) is 9.88. The van der Waals surface area contributed by atoms with Gasteiger partial charge in [-0.15, -0.1) is 0 Å². The Morgan fingerprint density at radius 1 is 1.41 bits per heavy atom. The molecular weight excluding hydrogens is 220 g/mol. The van der Waals surface area contributed by atoms with E-state index < -0.39 is 0 Å². The molecule has 0 N–H and O–H groups in total. The zero-order chi connectivity index (χ0) is 11.8. The number of likely N-dealkylation sites (N-methyl/N-ethyl adjacent to an activating group) is 1. The fraction of sp³-hybridized carbons (Fsp3) is 0.455. The first-order valence-electron chi connectivity index (χ1n) is 5.50. The summed E-state index contributed by atoms with van der Waals surface area (Å²) >= 11 is 0. The maximum atomic E-state index is 5.50. The van der Waals surface area contributed by atoms with Crippen molar-refractivity contribution in [1.82, 2.24) is 19.4 Å². The van der Waals surface area contributed by atoms with Crippen molar-refractivity contribution in [3.8, 4) is 11.6 Å². The molecule has 0 atom stereocenters. The fourth-order valence-electron chi connectivity index (χ4n) is 1.97. The Labute approximate surface area is 98.8 Å². The molecule has 0 amide bonds. The highest BCUT2D eigenvalue weighted by Gasteiger charge is 2.25. The molecule has 0 saturated carbocycles. The van der Waals surface area contributed by atoms with Gasteiger partial charge in [0.15, 0.2) is 0 Å². The lowest BCUT2D eigenvalue weighted by molar-refractivity contribution is 0.166. The van der Waals surface area contributed by atoms with E-state index in [1.54, 1.807) is 6.20 Å². The molecule has 1 aliphatic heterocycles. The number of rotatable bonds is 3. The van der Waals surface area contributed by atoms with Crippen LogP contribution < -0.4 is 9.47 Å². The second-order valence-electron chi connectivity index (χ2n) is 4.25. The summed E-state index contributed by atoms with van der Waals surface area (Å²) < 4.78 is 13.0. The summed E-state index contributed by atoms with van der Waals surface area (Å²) in [7, 11) is 4.08. The van der Waals surface area contributed by atoms with Crippen molar-refractivity contribution < 1.29 is 9.47 Å². The number of hydrogen-bond acceptors (Lipinski definition) is 5. The van der Waals surface area contributed by atoms with E-state index in [-0.39, 0.29) is 6.79 Å². The molecule has 0 spiro atoms. The van der Waals surface area contributed by atoms with Gasteiger partial charge in [0.05, 0.1) is 11.7 Å². The third-order valence-corrected chi connectivity index (χ3v) is 2.81. The normalized spacial score (nSPS) is 13.8. The summed E-state index contributed by atoms with van der Waals surface area (Å²) in [5, 5.41) is 0. The topological polar surface area (TPSA) is 52.4 Å². The second-order valence-corrected chi connectivity index (χ2v) is 4.25. The maximum absolute atomic E-state index is 5.50. The number of fused-ring (bicyclic) bond motifs is 3. The van der Waals surface area contributed by atoms with Crippen molar-refractivity contribution in [2.75, 3.05) is 27.4 Å². The van der Waals surface area contributed by atoms with Crippen molar-refractivity contribution in [2.24, 2.45) is 0 Å². The zero-order valence-electron chi connectivity index (χ0n) is 9.88. The van der Waals surface area contributed by atoms with Crippen molar-refractivity contribution in [2.45, 2.75) is 6.54 Å². The lowest BCUT2D eigenvalue weighted by Crippen LogP contribution is -2.18. The number of hydrogen-bond donors (Lipinski definition) is 0. The minimum absolute atomic E-state index is 0.270. The van der Waals surface area contributed by atoms with E-state index in [4.69, 9.17) is 9.47 Å². The van der Waals surface area contributed by atoms with Gasteiger partial charge in [0.2, 0.25) is 18.4 Å². The fourth-order valence-corrected chi connectivity index (χ4v) is 1.97. The summed E-state index contributed by atoms with van der Waals surface area (Å²) in [6, 6.07) is 0. The van der Waals surface area contributed by atoms with E-state index in [9.17, 15) is 0 Å². The highest BCUT2D eigenvalue weighted by molar-refractivity contribution is 5.86. The van der Waals surface area contributed by atoms with Gasteiger partial charge < -0.3 is 18.9 Å². The maximum Gasteiger partial charge on any atom is 0.243 e. The largest absolute Gasteiger partial charge is 0.449 e. The molecule has 6 heteroatoms. The van der Waals surface area contributed by atoms with Gasteiger partial charge in [-0.05, 0) is 14.1 Å². The summed E-state index contributed by atoms with van der Waals surface area (Å²) in [6.07, 6.45) is 3.32. The van der Waals surface area contributed by atoms with Crippen LogP contribution in [0.25, 0.3) is 11.0 Å². The first kappa shape index (κ1) is 10.3. The van der Waals surface area contributed by atoms with Crippen molar-refractivity contribution in [1.29, 1.82) is 0 Å². The van der Waals surface area contributed by atoms with E-state index in [1.165, 1.54) is 6.33 Å². The number of aromatic nitrogens is 3. The molecule has 6 nitrogen and oxygen atoms in total. The average molecular weight is 234 g/mol. The van der Waals surface area contributed by atoms with Gasteiger partial charge in [-0.3, -0.25) is 0 Å². The lowest BCUT2D eigenvalue weighted by atomic mass is 10.4. The Morgan fingerprint density at radius 3 is 3.12 bits per heavy atom. The first-order chi connectivity index (χ1) is 8.27. The van der Waals surface area contributed by atoms with Crippen LogP contribution in [0.4, 0.5) is 0 Å². The Morgan fingerprint density at radius 2 is 2.29 bits per heavy atom. The van der Waals surface area contributed by atoms with E-state index in [0.717, 1.165) is 35.8 Å². The molecule has 0 saturated heterocycles. The Bertz CT molecular complexity index is 550. The van der Waals surface area contributed by atoms with Crippen LogP contribution in [0, 0.1) is 0 Å². The number of nitrogens with zero attached hydrogens (tertiary/aromatic N) is 4. The van der Waals surface area contributed by atoms with Crippen molar-refractivity contribution >= 4 is 11.0 Å². The van der Waals surface area contributed by atoms with Crippen LogP contribution in [0.3, 0.4) is 0 Å². The molecule has 90 valence electrons. The molecule has 17 heavy (non-hydrogen) atoms. The highest BCUT2D eigenvalue weighted by atomic mass is 16.7. The van der Waals surface area contributed by atoms with E-state index >= 15 is 0 Å². The molecule has 0 unspecified atom stereocenters. The summed E-state index contributed by atoms with van der Waals surface area (Å²) in [5.74, 6) is 1.50. The van der Waals surface area contributed by atoms with Crippen LogP contribution in [-0.4, -0.2) is 46.9 Å². The molecule has 2 aromatic rings. The quantitative estimate of drug-likeness (QED) is 0.783. The molecule has 0 bridgehead atoms. The van der Waals surface area contributed by atoms with Gasteiger partial charge in [0.25, 0.3) is 0 Å². The molecule has 0 aliphatic carbocycles. The van der Waals surface area contributed by atoms with E-state index in [1.807, 2.05) is 14.1 Å². The van der Waals surface area contributed by atoms with Gasteiger partial charge in [-0.2, -0.15) is 0 Å². The third-order valence-electron chi connectivity index (χ3n) is 2.81. The van der Waals surface area contributed by atoms with Gasteiger partial charge >= 0.3 is 0 Å². The van der Waals surface area contributed by atoms with Gasteiger partial charge in [0, 0.05) is 13.1 Å². The van der Waals surface area contributed by atoms with Crippen LogP contribution in [0.5, 0.6) is 11.6 Å². The molecular formula is C11H14N4O2. The molecule has 0 radical (unpaired) electrons. The lowest BCUT2D eigenvalue weighted by Gasteiger charge is -2.12. The van der Waals surface area contributed by atoms with Crippen LogP contribution in [-0.2, 0) is 6.54 Å². The molecule has 2 aromatic heterocycles. The summed E-state index contributed by atoms with van der Waals surface area (Å²) in [5.41, 5.74) is 1.78. The molecule has 0 aromatic carbocycles. The Balaban J connectivity index is 2.09. The van der Waals surface area contributed by atoms with Gasteiger partial charge in [-0.1, -0.05) is 0 Å². The molecule has 0 fully saturated rings. The predicted octanol–water partition coefficient (Wildman–Crippen LogP) is 0.722. The van der Waals surface area contributed by atoms with Crippen LogP contribution in [0.15, 0.2) is 12.5 Å². The van der Waals surface area contributed by atoms with Crippen LogP contribution in [0.2, 0.25) is 0 Å². The minimum Gasteiger partial charge on any atom is -0.449 e. The number of ether oxygens (including phenoxy) is 2. The molecule has 3 heterocycles. The average Bonchev–Trinajstić information content (AvgIpc) is 2.87. The van der Waals surface area contributed by atoms with E-state index in [2.05, 4.69) is 19.4 Å². The van der Waals surface area contributed by atoms with Gasteiger partial charge in [0.1, 0.15) is 11.8 Å². The van der Waals surface area contributed by atoms with Crippen molar-refractivity contribution in [3.05, 3.63) is 12.5 Å². The van der Waals surface area contributed by atoms with Crippen molar-refractivity contribution in [3.63, 3.8) is 0 Å². The van der Waals surface area contributed by atoms with Crippen LogP contribution in [0.1, 0.15) is 0 Å². The SMILES string of the molecule is CN(C)CCn1c2c(c3ncncc31)OCO2. The highest BCUT2D eigenvalue weighted by Crippen LogP contribution is 2.40. The smallest absolute Gasteiger partial charge is 0.243 e. The second kappa shape index (κ2) is 3.89. The Kier molecular flexibility index (Phi) is 2.36. The monoisotopic (exact) mass is 234 g/mol. The first-order valence-corrected chi connectivity index (χ1v) is 5.50. The summed E-state index contributed by atoms with van der Waals surface area (Å²) in [6.45, 7) is 2.02. The standard InChI is InChI=1S/C11H14N4O2/c1-14(2)3-4-15-8-5-12-6-13-9(8)10-11(15)17-7-16-10/h5-6H,3-4,7H2,1-2H3.